The van der Waals surface area contributed by atoms with Crippen molar-refractivity contribution in [2.45, 2.75) is 11.0 Å². The van der Waals surface area contributed by atoms with Crippen molar-refractivity contribution in [1.82, 2.24) is 0 Å². The summed E-state index contributed by atoms with van der Waals surface area (Å²) in [6.07, 6.45) is -0.366. The third-order valence-corrected chi connectivity index (χ3v) is 4.13. The first-order valence-electron chi connectivity index (χ1n) is 3.95. The van der Waals surface area contributed by atoms with E-state index in [0.717, 1.165) is 4.90 Å². The molecule has 1 aromatic rings. The first-order valence-corrected chi connectivity index (χ1v) is 6.81. The van der Waals surface area contributed by atoms with Gasteiger partial charge in [0.1, 0.15) is 0 Å². The van der Waals surface area contributed by atoms with E-state index in [0.29, 0.717) is 21.1 Å². The first-order chi connectivity index (χ1) is 6.63. The second-order valence-corrected chi connectivity index (χ2v) is 5.25. The predicted octanol–water partition coefficient (Wildman–Crippen LogP) is 3.84. The van der Waals surface area contributed by atoms with E-state index >= 15 is 0 Å². The zero-order chi connectivity index (χ0) is 10.6. The van der Waals surface area contributed by atoms with Crippen LogP contribution in [0.3, 0.4) is 0 Å². The summed E-state index contributed by atoms with van der Waals surface area (Å²) in [5.41, 5.74) is 0. The highest BCUT2D eigenvalue weighted by Crippen LogP contribution is 2.30. The normalized spacial score (nSPS) is 12.9. The lowest BCUT2D eigenvalue weighted by Gasteiger charge is -2.07. The van der Waals surface area contributed by atoms with Crippen LogP contribution in [-0.2, 0) is 0 Å². The summed E-state index contributed by atoms with van der Waals surface area (Å²) in [4.78, 5) is 0.902. The minimum Gasteiger partial charge on any atom is -0.391 e. The molecule has 1 rings (SSSR count). The second-order valence-electron chi connectivity index (χ2n) is 2.69. The van der Waals surface area contributed by atoms with Crippen LogP contribution in [-0.4, -0.2) is 22.3 Å². The van der Waals surface area contributed by atoms with Crippen LogP contribution >= 0.6 is 50.9 Å². The van der Waals surface area contributed by atoms with Crippen molar-refractivity contribution in [2.24, 2.45) is 0 Å². The molecular formula is C9H9BrCl2OS. The number of benzene rings is 1. The monoisotopic (exact) mass is 314 g/mol. The molecule has 1 aromatic carbocycles. The van der Waals surface area contributed by atoms with E-state index in [2.05, 4.69) is 15.9 Å². The Bertz CT molecular complexity index is 309. The van der Waals surface area contributed by atoms with Gasteiger partial charge in [0.05, 0.1) is 11.1 Å². The summed E-state index contributed by atoms with van der Waals surface area (Å²) >= 11 is 16.5. The standard InChI is InChI=1S/C9H9BrCl2OS/c10-4-7(13)5-14-9-3-6(11)1-2-8(9)12/h1-3,7,13H,4-5H2. The Morgan fingerprint density at radius 3 is 2.79 bits per heavy atom. The van der Waals surface area contributed by atoms with E-state index in [1.54, 1.807) is 18.2 Å². The number of aliphatic hydroxyl groups is 1. The Morgan fingerprint density at radius 2 is 2.14 bits per heavy atom. The van der Waals surface area contributed by atoms with E-state index in [1.807, 2.05) is 0 Å². The molecule has 0 saturated carbocycles. The van der Waals surface area contributed by atoms with E-state index < -0.39 is 0 Å². The molecule has 0 saturated heterocycles. The van der Waals surface area contributed by atoms with Crippen LogP contribution in [0.5, 0.6) is 0 Å². The summed E-state index contributed by atoms with van der Waals surface area (Å²) in [5, 5.41) is 11.2. The molecule has 0 aliphatic heterocycles. The highest BCUT2D eigenvalue weighted by Gasteiger charge is 2.06. The van der Waals surface area contributed by atoms with E-state index in [-0.39, 0.29) is 6.10 Å². The molecular weight excluding hydrogens is 307 g/mol. The van der Waals surface area contributed by atoms with Crippen molar-refractivity contribution in [3.8, 4) is 0 Å². The minimum absolute atomic E-state index is 0.366. The lowest BCUT2D eigenvalue weighted by molar-refractivity contribution is 0.226. The van der Waals surface area contributed by atoms with E-state index in [9.17, 15) is 5.11 Å². The van der Waals surface area contributed by atoms with Gasteiger partial charge in [-0.3, -0.25) is 0 Å². The van der Waals surface area contributed by atoms with Gasteiger partial charge in [0.25, 0.3) is 0 Å². The van der Waals surface area contributed by atoms with Crippen molar-refractivity contribution >= 4 is 50.9 Å². The molecule has 0 amide bonds. The zero-order valence-electron chi connectivity index (χ0n) is 7.21. The fourth-order valence-electron chi connectivity index (χ4n) is 0.818. The maximum Gasteiger partial charge on any atom is 0.0730 e. The molecule has 1 atom stereocenters. The maximum atomic E-state index is 9.34. The van der Waals surface area contributed by atoms with Gasteiger partial charge < -0.3 is 5.11 Å². The lowest BCUT2D eigenvalue weighted by atomic mass is 10.4. The quantitative estimate of drug-likeness (QED) is 0.673. The lowest BCUT2D eigenvalue weighted by Crippen LogP contribution is -2.10. The highest BCUT2D eigenvalue weighted by atomic mass is 79.9. The summed E-state index contributed by atoms with van der Waals surface area (Å²) < 4.78 is 0. The van der Waals surface area contributed by atoms with Crippen LogP contribution in [0, 0.1) is 0 Å². The number of aliphatic hydroxyl groups excluding tert-OH is 1. The average molecular weight is 316 g/mol. The molecule has 0 bridgehead atoms. The van der Waals surface area contributed by atoms with Crippen molar-refractivity contribution in [3.63, 3.8) is 0 Å². The Morgan fingerprint density at radius 1 is 1.43 bits per heavy atom. The van der Waals surface area contributed by atoms with Crippen LogP contribution in [0.15, 0.2) is 23.1 Å². The minimum atomic E-state index is -0.366. The fourth-order valence-corrected chi connectivity index (χ4v) is 2.77. The molecule has 5 heteroatoms. The molecule has 0 aromatic heterocycles. The van der Waals surface area contributed by atoms with Crippen LogP contribution in [0.1, 0.15) is 0 Å². The zero-order valence-corrected chi connectivity index (χ0v) is 11.1. The van der Waals surface area contributed by atoms with Gasteiger partial charge in [-0.15, -0.1) is 11.8 Å². The smallest absolute Gasteiger partial charge is 0.0730 e. The SMILES string of the molecule is OC(CBr)CSc1cc(Cl)ccc1Cl. The Labute approximate surface area is 106 Å². The van der Waals surface area contributed by atoms with Gasteiger partial charge in [-0.2, -0.15) is 0 Å². The Kier molecular flexibility index (Phi) is 5.64. The molecule has 1 unspecified atom stereocenters. The number of hydrogen-bond donors (Lipinski definition) is 1. The Balaban J connectivity index is 2.62. The molecule has 0 aliphatic carbocycles. The van der Waals surface area contributed by atoms with Gasteiger partial charge in [0, 0.05) is 21.0 Å². The van der Waals surface area contributed by atoms with Crippen LogP contribution in [0.4, 0.5) is 0 Å². The van der Waals surface area contributed by atoms with Gasteiger partial charge in [-0.1, -0.05) is 39.1 Å². The van der Waals surface area contributed by atoms with Gasteiger partial charge in [-0.05, 0) is 18.2 Å². The molecule has 0 fully saturated rings. The van der Waals surface area contributed by atoms with Crippen LogP contribution in [0.2, 0.25) is 10.0 Å². The van der Waals surface area contributed by atoms with Crippen molar-refractivity contribution in [1.29, 1.82) is 0 Å². The molecule has 78 valence electrons. The third-order valence-electron chi connectivity index (χ3n) is 1.50. The molecule has 0 heterocycles. The van der Waals surface area contributed by atoms with Gasteiger partial charge in [0.15, 0.2) is 0 Å². The summed E-state index contributed by atoms with van der Waals surface area (Å²) in [6.45, 7) is 0. The predicted molar refractivity (Wildman–Crippen MR) is 67.0 cm³/mol. The topological polar surface area (TPSA) is 20.2 Å². The van der Waals surface area contributed by atoms with E-state index in [1.165, 1.54) is 11.8 Å². The molecule has 1 nitrogen and oxygen atoms in total. The molecule has 0 spiro atoms. The molecule has 0 radical (unpaired) electrons. The molecule has 14 heavy (non-hydrogen) atoms. The largest absolute Gasteiger partial charge is 0.391 e. The highest BCUT2D eigenvalue weighted by molar-refractivity contribution is 9.09. The first kappa shape index (κ1) is 12.7. The van der Waals surface area contributed by atoms with Gasteiger partial charge >= 0.3 is 0 Å². The second kappa shape index (κ2) is 6.23. The van der Waals surface area contributed by atoms with Crippen molar-refractivity contribution in [3.05, 3.63) is 28.2 Å². The average Bonchev–Trinajstić information content (AvgIpc) is 2.19. The number of halogens is 3. The fraction of sp³-hybridized carbons (Fsp3) is 0.333. The van der Waals surface area contributed by atoms with Gasteiger partial charge in [-0.25, -0.2) is 0 Å². The summed E-state index contributed by atoms with van der Waals surface area (Å²) in [5.74, 6) is 0.602. The Hall–Kier alpha value is 0.590. The number of rotatable bonds is 4. The van der Waals surface area contributed by atoms with E-state index in [4.69, 9.17) is 23.2 Å². The summed E-state index contributed by atoms with van der Waals surface area (Å²) in [6, 6.07) is 5.30. The van der Waals surface area contributed by atoms with Gasteiger partial charge in [0.2, 0.25) is 0 Å². The van der Waals surface area contributed by atoms with Crippen LogP contribution < -0.4 is 0 Å². The van der Waals surface area contributed by atoms with Crippen molar-refractivity contribution < 1.29 is 5.11 Å². The third kappa shape index (κ3) is 3.99. The van der Waals surface area contributed by atoms with Crippen LogP contribution in [0.25, 0.3) is 0 Å². The van der Waals surface area contributed by atoms with Crippen molar-refractivity contribution in [2.75, 3.05) is 11.1 Å². The maximum absolute atomic E-state index is 9.34. The number of thioether (sulfide) groups is 1. The summed E-state index contributed by atoms with van der Waals surface area (Å²) in [7, 11) is 0. The molecule has 1 N–H and O–H groups in total. The molecule has 0 aliphatic rings. The number of hydrogen-bond acceptors (Lipinski definition) is 2. The number of alkyl halides is 1.